The van der Waals surface area contributed by atoms with Gasteiger partial charge in [0.25, 0.3) is 0 Å². The molecule has 1 aliphatic heterocycles. The maximum atomic E-state index is 4.21. The smallest absolute Gasteiger partial charge is 0.0235 e. The number of benzene rings is 1. The molecule has 1 atom stereocenters. The standard InChI is InChI=1S/C16H23N/c1-13-10-15(2,3)17-16(4,11-13)12-14-8-6-5-7-9-14/h5-9,17H,1,10-12H2,2-4H3. The first-order chi connectivity index (χ1) is 7.89. The van der Waals surface area contributed by atoms with Crippen LogP contribution in [0.3, 0.4) is 0 Å². The van der Waals surface area contributed by atoms with Crippen molar-refractivity contribution in [2.75, 3.05) is 0 Å². The lowest BCUT2D eigenvalue weighted by Gasteiger charge is -2.46. The highest BCUT2D eigenvalue weighted by atomic mass is 15.1. The summed E-state index contributed by atoms with van der Waals surface area (Å²) in [6.45, 7) is 11.0. The van der Waals surface area contributed by atoms with E-state index in [4.69, 9.17) is 0 Å². The second kappa shape index (κ2) is 4.30. The van der Waals surface area contributed by atoms with Crippen molar-refractivity contribution in [3.05, 3.63) is 48.0 Å². The first-order valence-electron chi connectivity index (χ1n) is 6.39. The average Bonchev–Trinajstić information content (AvgIpc) is 2.13. The highest BCUT2D eigenvalue weighted by molar-refractivity contribution is 5.22. The largest absolute Gasteiger partial charge is 0.306 e. The minimum Gasteiger partial charge on any atom is -0.306 e. The van der Waals surface area contributed by atoms with Gasteiger partial charge < -0.3 is 5.32 Å². The molecule has 1 saturated heterocycles. The topological polar surface area (TPSA) is 12.0 Å². The summed E-state index contributed by atoms with van der Waals surface area (Å²) in [4.78, 5) is 0. The molecule has 0 radical (unpaired) electrons. The van der Waals surface area contributed by atoms with Crippen molar-refractivity contribution in [1.82, 2.24) is 5.32 Å². The van der Waals surface area contributed by atoms with Crippen molar-refractivity contribution in [3.8, 4) is 0 Å². The zero-order valence-electron chi connectivity index (χ0n) is 11.2. The van der Waals surface area contributed by atoms with Gasteiger partial charge in [0.05, 0.1) is 0 Å². The van der Waals surface area contributed by atoms with Crippen LogP contribution in [0.5, 0.6) is 0 Å². The van der Waals surface area contributed by atoms with Crippen molar-refractivity contribution in [1.29, 1.82) is 0 Å². The van der Waals surface area contributed by atoms with Crippen LogP contribution in [0.2, 0.25) is 0 Å². The average molecular weight is 229 g/mol. The van der Waals surface area contributed by atoms with Crippen molar-refractivity contribution in [2.24, 2.45) is 0 Å². The third-order valence-corrected chi connectivity index (χ3v) is 3.41. The summed E-state index contributed by atoms with van der Waals surface area (Å²) in [6.07, 6.45) is 3.22. The van der Waals surface area contributed by atoms with Gasteiger partial charge in [-0.1, -0.05) is 42.5 Å². The molecular formula is C16H23N. The van der Waals surface area contributed by atoms with E-state index < -0.39 is 0 Å². The second-order valence-corrected chi connectivity index (χ2v) is 6.34. The third-order valence-electron chi connectivity index (χ3n) is 3.41. The maximum absolute atomic E-state index is 4.21. The van der Waals surface area contributed by atoms with Gasteiger partial charge >= 0.3 is 0 Å². The molecule has 92 valence electrons. The number of rotatable bonds is 2. The highest BCUT2D eigenvalue weighted by Gasteiger charge is 2.37. The predicted octanol–water partition coefficient (Wildman–Crippen LogP) is 3.71. The van der Waals surface area contributed by atoms with Crippen molar-refractivity contribution in [2.45, 2.75) is 51.1 Å². The first kappa shape index (κ1) is 12.4. The Morgan fingerprint density at radius 2 is 1.76 bits per heavy atom. The molecule has 1 fully saturated rings. The van der Waals surface area contributed by atoms with Gasteiger partial charge in [-0.15, -0.1) is 0 Å². The van der Waals surface area contributed by atoms with E-state index in [1.165, 1.54) is 11.1 Å². The monoisotopic (exact) mass is 229 g/mol. The minimum absolute atomic E-state index is 0.139. The summed E-state index contributed by atoms with van der Waals surface area (Å²) in [5.41, 5.74) is 3.07. The van der Waals surface area contributed by atoms with Crippen LogP contribution in [0.1, 0.15) is 39.2 Å². The van der Waals surface area contributed by atoms with Gasteiger partial charge in [-0.2, -0.15) is 0 Å². The molecule has 0 aliphatic carbocycles. The van der Waals surface area contributed by atoms with E-state index in [0.717, 1.165) is 19.3 Å². The quantitative estimate of drug-likeness (QED) is 0.762. The van der Waals surface area contributed by atoms with E-state index in [9.17, 15) is 0 Å². The van der Waals surface area contributed by atoms with Crippen LogP contribution in [-0.2, 0) is 6.42 Å². The van der Waals surface area contributed by atoms with E-state index in [2.05, 4.69) is 63.0 Å². The lowest BCUT2D eigenvalue weighted by molar-refractivity contribution is 0.205. The van der Waals surface area contributed by atoms with Gasteiger partial charge in [-0.3, -0.25) is 0 Å². The molecule has 1 unspecified atom stereocenters. The number of hydrogen-bond acceptors (Lipinski definition) is 1. The maximum Gasteiger partial charge on any atom is 0.0235 e. The molecule has 1 aromatic rings. The highest BCUT2D eigenvalue weighted by Crippen LogP contribution is 2.33. The van der Waals surface area contributed by atoms with Crippen LogP contribution in [-0.4, -0.2) is 11.1 Å². The molecule has 0 spiro atoms. The first-order valence-corrected chi connectivity index (χ1v) is 6.39. The summed E-state index contributed by atoms with van der Waals surface area (Å²) in [6, 6.07) is 10.7. The van der Waals surface area contributed by atoms with Crippen molar-refractivity contribution in [3.63, 3.8) is 0 Å². The van der Waals surface area contributed by atoms with E-state index in [0.29, 0.717) is 0 Å². The minimum atomic E-state index is 0.139. The Morgan fingerprint density at radius 3 is 2.35 bits per heavy atom. The molecular weight excluding hydrogens is 206 g/mol. The molecule has 0 aromatic heterocycles. The van der Waals surface area contributed by atoms with Gasteiger partial charge in [0.2, 0.25) is 0 Å². The lowest BCUT2D eigenvalue weighted by Crippen LogP contribution is -2.58. The van der Waals surface area contributed by atoms with Crippen molar-refractivity contribution >= 4 is 0 Å². The van der Waals surface area contributed by atoms with Crippen molar-refractivity contribution < 1.29 is 0 Å². The molecule has 0 amide bonds. The Bertz CT molecular complexity index is 405. The molecule has 1 aromatic carbocycles. The fourth-order valence-electron chi connectivity index (χ4n) is 3.30. The van der Waals surface area contributed by atoms with Gasteiger partial charge in [0.15, 0.2) is 0 Å². The van der Waals surface area contributed by atoms with Gasteiger partial charge in [-0.05, 0) is 45.6 Å². The molecule has 1 aliphatic rings. The Labute approximate surface area is 105 Å². The van der Waals surface area contributed by atoms with Gasteiger partial charge in [-0.25, -0.2) is 0 Å². The molecule has 0 bridgehead atoms. The molecule has 1 heteroatoms. The van der Waals surface area contributed by atoms with E-state index in [-0.39, 0.29) is 11.1 Å². The fraction of sp³-hybridized carbons (Fsp3) is 0.500. The van der Waals surface area contributed by atoms with Crippen LogP contribution in [0.4, 0.5) is 0 Å². The zero-order valence-corrected chi connectivity index (χ0v) is 11.2. The van der Waals surface area contributed by atoms with E-state index in [1.807, 2.05) is 0 Å². The molecule has 2 rings (SSSR count). The summed E-state index contributed by atoms with van der Waals surface area (Å²) >= 11 is 0. The van der Waals surface area contributed by atoms with Crippen LogP contribution in [0.25, 0.3) is 0 Å². The summed E-state index contributed by atoms with van der Waals surface area (Å²) < 4.78 is 0. The van der Waals surface area contributed by atoms with E-state index >= 15 is 0 Å². The fourth-order valence-corrected chi connectivity index (χ4v) is 3.30. The molecule has 17 heavy (non-hydrogen) atoms. The number of piperidine rings is 1. The van der Waals surface area contributed by atoms with E-state index in [1.54, 1.807) is 0 Å². The Kier molecular flexibility index (Phi) is 3.13. The molecule has 1 N–H and O–H groups in total. The number of nitrogens with one attached hydrogen (secondary N) is 1. The molecule has 1 heterocycles. The normalized spacial score (nSPS) is 28.1. The Morgan fingerprint density at radius 1 is 1.12 bits per heavy atom. The predicted molar refractivity (Wildman–Crippen MR) is 74.1 cm³/mol. The third kappa shape index (κ3) is 3.19. The summed E-state index contributed by atoms with van der Waals surface area (Å²) in [5, 5.41) is 3.79. The molecule has 1 nitrogen and oxygen atoms in total. The van der Waals surface area contributed by atoms with Gasteiger partial charge in [0, 0.05) is 11.1 Å². The van der Waals surface area contributed by atoms with Crippen LogP contribution in [0.15, 0.2) is 42.5 Å². The Hall–Kier alpha value is -1.08. The number of hydrogen-bond donors (Lipinski definition) is 1. The lowest BCUT2D eigenvalue weighted by atomic mass is 9.76. The summed E-state index contributed by atoms with van der Waals surface area (Å²) in [7, 11) is 0. The zero-order chi connectivity index (χ0) is 12.5. The second-order valence-electron chi connectivity index (χ2n) is 6.34. The SMILES string of the molecule is C=C1CC(C)(C)NC(C)(Cc2ccccc2)C1. The Balaban J connectivity index is 2.16. The van der Waals surface area contributed by atoms with Crippen LogP contribution >= 0.6 is 0 Å². The van der Waals surface area contributed by atoms with Crippen LogP contribution in [0, 0.1) is 0 Å². The molecule has 0 saturated carbocycles. The van der Waals surface area contributed by atoms with Gasteiger partial charge in [0.1, 0.15) is 0 Å². The summed E-state index contributed by atoms with van der Waals surface area (Å²) in [5.74, 6) is 0. The van der Waals surface area contributed by atoms with Crippen LogP contribution < -0.4 is 5.32 Å².